The van der Waals surface area contributed by atoms with Crippen molar-refractivity contribution in [3.8, 4) is 0 Å². The highest BCUT2D eigenvalue weighted by Crippen LogP contribution is 2.44. The Morgan fingerprint density at radius 2 is 2.05 bits per heavy atom. The van der Waals surface area contributed by atoms with Crippen molar-refractivity contribution >= 4 is 21.8 Å². The molecule has 0 spiro atoms. The van der Waals surface area contributed by atoms with Gasteiger partial charge in [-0.2, -0.15) is 0 Å². The minimum Gasteiger partial charge on any atom is -0.395 e. The second kappa shape index (κ2) is 3.81. The number of rotatable bonds is 2. The molecule has 2 heterocycles. The minimum atomic E-state index is 0.00370. The smallest absolute Gasteiger partial charge is 0.0527 e. The number of aliphatic hydroxyl groups is 1. The van der Waals surface area contributed by atoms with E-state index in [2.05, 4.69) is 28.2 Å². The van der Waals surface area contributed by atoms with E-state index in [9.17, 15) is 5.11 Å². The average Bonchev–Trinajstić information content (AvgIpc) is 2.76. The van der Waals surface area contributed by atoms with Crippen LogP contribution >= 0.6 is 0 Å². The van der Waals surface area contributed by atoms with Crippen LogP contribution in [0.5, 0.6) is 0 Å². The van der Waals surface area contributed by atoms with Crippen molar-refractivity contribution in [3.63, 3.8) is 0 Å². The van der Waals surface area contributed by atoms with Crippen LogP contribution in [0.4, 0.5) is 0 Å². The molecule has 2 N–H and O–H groups in total. The third-order valence-electron chi connectivity index (χ3n) is 4.63. The summed E-state index contributed by atoms with van der Waals surface area (Å²) in [7, 11) is 0. The summed E-state index contributed by atoms with van der Waals surface area (Å²) >= 11 is 0. The molecule has 1 aromatic carbocycles. The molecule has 19 heavy (non-hydrogen) atoms. The zero-order valence-electron chi connectivity index (χ0n) is 10.7. The molecule has 0 radical (unpaired) electrons. The number of fused-ring (bicyclic) bond motifs is 3. The van der Waals surface area contributed by atoms with E-state index in [0.717, 1.165) is 29.3 Å². The van der Waals surface area contributed by atoms with Gasteiger partial charge in [0, 0.05) is 39.6 Å². The van der Waals surface area contributed by atoms with Gasteiger partial charge >= 0.3 is 0 Å². The molecule has 1 aliphatic carbocycles. The highest BCUT2D eigenvalue weighted by Gasteiger charge is 2.38. The van der Waals surface area contributed by atoms with Crippen LogP contribution in [-0.2, 0) is 5.41 Å². The number of hydrogen-bond acceptors (Lipinski definition) is 2. The maximum atomic E-state index is 9.68. The summed E-state index contributed by atoms with van der Waals surface area (Å²) in [6.07, 6.45) is 7.11. The van der Waals surface area contributed by atoms with E-state index >= 15 is 0 Å². The third-order valence-corrected chi connectivity index (χ3v) is 4.63. The quantitative estimate of drug-likeness (QED) is 0.736. The second-order valence-corrected chi connectivity index (χ2v) is 5.60. The van der Waals surface area contributed by atoms with Gasteiger partial charge < -0.3 is 10.1 Å². The fourth-order valence-corrected chi connectivity index (χ4v) is 3.22. The monoisotopic (exact) mass is 252 g/mol. The van der Waals surface area contributed by atoms with Crippen molar-refractivity contribution in [3.05, 3.63) is 42.2 Å². The number of aliphatic hydroxyl groups excluding tert-OH is 1. The molecule has 4 rings (SSSR count). The molecule has 2 aromatic heterocycles. The number of aromatic amines is 1. The summed E-state index contributed by atoms with van der Waals surface area (Å²) in [5.74, 6) is 0. The maximum absolute atomic E-state index is 9.68. The Morgan fingerprint density at radius 1 is 1.16 bits per heavy atom. The Bertz CT molecular complexity index is 750. The number of hydrogen-bond donors (Lipinski definition) is 2. The SMILES string of the molecule is OCC1(c2ccc3c(c2)[nH]c2ccncc23)CCC1. The standard InChI is InChI=1S/C16H16N2O/c19-10-16(5-1-6-16)11-2-3-12-13-9-17-7-4-14(13)18-15(12)8-11/h2-4,7-9,18-19H,1,5-6,10H2. The molecular weight excluding hydrogens is 236 g/mol. The first-order chi connectivity index (χ1) is 9.32. The molecule has 1 fully saturated rings. The normalized spacial score (nSPS) is 17.7. The summed E-state index contributed by atoms with van der Waals surface area (Å²) in [6, 6.07) is 8.52. The van der Waals surface area contributed by atoms with Crippen molar-refractivity contribution in [2.45, 2.75) is 24.7 Å². The molecule has 3 nitrogen and oxygen atoms in total. The van der Waals surface area contributed by atoms with Crippen LogP contribution < -0.4 is 0 Å². The molecule has 3 aromatic rings. The summed E-state index contributed by atoms with van der Waals surface area (Å²) in [5.41, 5.74) is 3.52. The molecular formula is C16H16N2O. The molecule has 3 heteroatoms. The summed E-state index contributed by atoms with van der Waals surface area (Å²) in [6.45, 7) is 0.250. The first-order valence-electron chi connectivity index (χ1n) is 6.79. The Kier molecular flexibility index (Phi) is 2.21. The van der Waals surface area contributed by atoms with Crippen molar-refractivity contribution in [2.24, 2.45) is 0 Å². The molecule has 0 unspecified atom stereocenters. The van der Waals surface area contributed by atoms with Gasteiger partial charge in [-0.05, 0) is 30.5 Å². The first-order valence-corrected chi connectivity index (χ1v) is 6.79. The van der Waals surface area contributed by atoms with Gasteiger partial charge in [-0.25, -0.2) is 0 Å². The average molecular weight is 252 g/mol. The van der Waals surface area contributed by atoms with E-state index < -0.39 is 0 Å². The van der Waals surface area contributed by atoms with Crippen molar-refractivity contribution < 1.29 is 5.11 Å². The van der Waals surface area contributed by atoms with Crippen LogP contribution in [0.2, 0.25) is 0 Å². The number of aromatic nitrogens is 2. The number of pyridine rings is 1. The zero-order chi connectivity index (χ0) is 12.9. The van der Waals surface area contributed by atoms with E-state index in [4.69, 9.17) is 0 Å². The largest absolute Gasteiger partial charge is 0.395 e. The van der Waals surface area contributed by atoms with Gasteiger partial charge in [-0.1, -0.05) is 18.6 Å². The lowest BCUT2D eigenvalue weighted by molar-refractivity contribution is 0.120. The highest BCUT2D eigenvalue weighted by atomic mass is 16.3. The number of nitrogens with zero attached hydrogens (tertiary/aromatic N) is 1. The summed E-state index contributed by atoms with van der Waals surface area (Å²) < 4.78 is 0. The van der Waals surface area contributed by atoms with Crippen LogP contribution in [0.1, 0.15) is 24.8 Å². The summed E-state index contributed by atoms with van der Waals surface area (Å²) in [5, 5.41) is 12.1. The third kappa shape index (κ3) is 1.45. The highest BCUT2D eigenvalue weighted by molar-refractivity contribution is 6.06. The van der Waals surface area contributed by atoms with Crippen LogP contribution in [0, 0.1) is 0 Å². The molecule has 0 saturated heterocycles. The molecule has 1 aliphatic rings. The number of H-pyrrole nitrogens is 1. The number of benzene rings is 1. The van der Waals surface area contributed by atoms with Gasteiger partial charge in [0.05, 0.1) is 6.61 Å². The van der Waals surface area contributed by atoms with E-state index in [1.807, 2.05) is 12.3 Å². The zero-order valence-corrected chi connectivity index (χ0v) is 10.7. The Hall–Kier alpha value is -1.87. The lowest BCUT2D eigenvalue weighted by atomic mass is 9.65. The van der Waals surface area contributed by atoms with Crippen LogP contribution in [-0.4, -0.2) is 21.7 Å². The lowest BCUT2D eigenvalue weighted by Gasteiger charge is -2.40. The van der Waals surface area contributed by atoms with Crippen molar-refractivity contribution in [2.75, 3.05) is 6.61 Å². The molecule has 0 atom stereocenters. The van der Waals surface area contributed by atoms with Crippen LogP contribution in [0.15, 0.2) is 36.7 Å². The molecule has 0 bridgehead atoms. The topological polar surface area (TPSA) is 48.9 Å². The van der Waals surface area contributed by atoms with Gasteiger partial charge in [0.15, 0.2) is 0 Å². The van der Waals surface area contributed by atoms with Gasteiger partial charge in [0.2, 0.25) is 0 Å². The fourth-order valence-electron chi connectivity index (χ4n) is 3.22. The predicted octanol–water partition coefficient (Wildman–Crippen LogP) is 3.13. The van der Waals surface area contributed by atoms with Crippen LogP contribution in [0.25, 0.3) is 21.8 Å². The van der Waals surface area contributed by atoms with Crippen molar-refractivity contribution in [1.82, 2.24) is 9.97 Å². The van der Waals surface area contributed by atoms with Crippen molar-refractivity contribution in [1.29, 1.82) is 0 Å². The second-order valence-electron chi connectivity index (χ2n) is 5.60. The predicted molar refractivity (Wildman–Crippen MR) is 76.2 cm³/mol. The maximum Gasteiger partial charge on any atom is 0.0527 e. The summed E-state index contributed by atoms with van der Waals surface area (Å²) in [4.78, 5) is 7.63. The minimum absolute atomic E-state index is 0.00370. The molecule has 1 saturated carbocycles. The molecule has 0 amide bonds. The molecule has 96 valence electrons. The lowest BCUT2D eigenvalue weighted by Crippen LogP contribution is -2.37. The Labute approximate surface area is 111 Å². The first kappa shape index (κ1) is 11.0. The van der Waals surface area contributed by atoms with E-state index in [1.165, 1.54) is 17.4 Å². The van der Waals surface area contributed by atoms with E-state index in [1.54, 1.807) is 6.20 Å². The van der Waals surface area contributed by atoms with Gasteiger partial charge in [0.25, 0.3) is 0 Å². The Balaban J connectivity index is 1.94. The molecule has 0 aliphatic heterocycles. The Morgan fingerprint density at radius 3 is 2.79 bits per heavy atom. The van der Waals surface area contributed by atoms with E-state index in [-0.39, 0.29) is 12.0 Å². The van der Waals surface area contributed by atoms with Gasteiger partial charge in [-0.3, -0.25) is 4.98 Å². The van der Waals surface area contributed by atoms with E-state index in [0.29, 0.717) is 0 Å². The van der Waals surface area contributed by atoms with Gasteiger partial charge in [-0.15, -0.1) is 0 Å². The number of nitrogens with one attached hydrogen (secondary N) is 1. The fraction of sp³-hybridized carbons (Fsp3) is 0.312. The van der Waals surface area contributed by atoms with Gasteiger partial charge in [0.1, 0.15) is 0 Å². The van der Waals surface area contributed by atoms with Crippen LogP contribution in [0.3, 0.4) is 0 Å².